The fourth-order valence-electron chi connectivity index (χ4n) is 3.54. The summed E-state index contributed by atoms with van der Waals surface area (Å²) in [5, 5.41) is 2.93. The number of imidazole rings is 1. The van der Waals surface area contributed by atoms with Gasteiger partial charge in [-0.3, -0.25) is 0 Å². The van der Waals surface area contributed by atoms with Gasteiger partial charge in [0.1, 0.15) is 17.4 Å². The summed E-state index contributed by atoms with van der Waals surface area (Å²) in [5.41, 5.74) is 3.32. The van der Waals surface area contributed by atoms with Crippen LogP contribution in [0.2, 0.25) is 25.7 Å². The summed E-state index contributed by atoms with van der Waals surface area (Å²) in [4.78, 5) is 6.79. The smallest absolute Gasteiger partial charge is 0.310 e. The van der Waals surface area contributed by atoms with Gasteiger partial charge in [0, 0.05) is 32.1 Å². The topological polar surface area (TPSA) is 52.0 Å². The second kappa shape index (κ2) is 8.56. The van der Waals surface area contributed by atoms with Gasteiger partial charge in [0.2, 0.25) is 0 Å². The summed E-state index contributed by atoms with van der Waals surface area (Å²) in [6, 6.07) is 12.9. The average Bonchev–Trinajstić information content (AvgIpc) is 3.17. The van der Waals surface area contributed by atoms with Crippen molar-refractivity contribution in [3.05, 3.63) is 67.1 Å². The molecule has 0 saturated carbocycles. The molecule has 0 fully saturated rings. The first-order chi connectivity index (χ1) is 16.6. The minimum atomic E-state index is -9.73. The molecule has 0 radical (unpaired) electrons. The van der Waals surface area contributed by atoms with Crippen LogP contribution in [-0.2, 0) is 11.5 Å². The predicted octanol–water partition coefficient (Wildman–Crippen LogP) is 8.81. The lowest BCUT2D eigenvalue weighted by Gasteiger charge is -2.40. The highest BCUT2D eigenvalue weighted by molar-refractivity contribution is 8.45. The zero-order valence-electron chi connectivity index (χ0n) is 20.0. The number of aromatic nitrogens is 3. The van der Waals surface area contributed by atoms with Crippen LogP contribution in [0, 0.1) is 0 Å². The monoisotopic (exact) mass is 542 g/mol. The molecule has 12 heteroatoms. The standard InChI is InChI=1S/C24H27F5N4OSSi/c1-36(2,3)14-13-34-17-33-16-31-22-11-6-18(15-23(22)33)21-5-4-12-30-24(21)32-19-7-9-20(10-8-19)35(25,26,27,28)29/h4-12,15-16H,13-14,17H2,1-3H3,(H,30,32). The number of anilines is 2. The maximum atomic E-state index is 13.0. The van der Waals surface area contributed by atoms with E-state index in [-0.39, 0.29) is 5.69 Å². The van der Waals surface area contributed by atoms with Crippen LogP contribution in [0.25, 0.3) is 22.2 Å². The molecular weight excluding hydrogens is 515 g/mol. The number of hydrogen-bond acceptors (Lipinski definition) is 4. The van der Waals surface area contributed by atoms with E-state index in [1.807, 2.05) is 28.8 Å². The lowest BCUT2D eigenvalue weighted by molar-refractivity contribution is 0.0898. The van der Waals surface area contributed by atoms with Gasteiger partial charge in [0.25, 0.3) is 0 Å². The number of nitrogens with one attached hydrogen (secondary N) is 1. The van der Waals surface area contributed by atoms with E-state index in [1.54, 1.807) is 12.4 Å². The number of hydrogen-bond donors (Lipinski definition) is 1. The SMILES string of the molecule is C[Si](C)(C)CCOCn1cnc2ccc(-c3cccnc3Nc3ccc(S(F)(F)(F)(F)F)cc3)cc21. The highest BCUT2D eigenvalue weighted by Crippen LogP contribution is 3.02. The van der Waals surface area contributed by atoms with E-state index in [9.17, 15) is 19.4 Å². The van der Waals surface area contributed by atoms with Gasteiger partial charge in [-0.05, 0) is 60.1 Å². The van der Waals surface area contributed by atoms with Crippen LogP contribution in [0.5, 0.6) is 0 Å². The second-order valence-electron chi connectivity index (χ2n) is 9.78. The van der Waals surface area contributed by atoms with E-state index in [0.29, 0.717) is 36.9 Å². The molecule has 4 rings (SSSR count). The molecule has 5 nitrogen and oxygen atoms in total. The van der Waals surface area contributed by atoms with E-state index in [2.05, 4.69) is 34.9 Å². The third kappa shape index (κ3) is 6.42. The summed E-state index contributed by atoms with van der Waals surface area (Å²) < 4.78 is 72.9. The molecule has 2 aromatic heterocycles. The number of halogens is 5. The first-order valence-corrected chi connectivity index (χ1v) is 16.8. The van der Waals surface area contributed by atoms with Crippen molar-refractivity contribution in [1.82, 2.24) is 14.5 Å². The van der Waals surface area contributed by atoms with Crippen LogP contribution in [0.15, 0.2) is 72.0 Å². The maximum absolute atomic E-state index is 13.0. The maximum Gasteiger partial charge on any atom is 0.310 e. The number of fused-ring (bicyclic) bond motifs is 1. The molecule has 194 valence electrons. The highest BCUT2D eigenvalue weighted by Gasteiger charge is 2.65. The van der Waals surface area contributed by atoms with Crippen molar-refractivity contribution >= 4 is 40.8 Å². The van der Waals surface area contributed by atoms with Crippen molar-refractivity contribution < 1.29 is 24.2 Å². The third-order valence-corrected chi connectivity index (χ3v) is 8.40. The quantitative estimate of drug-likeness (QED) is 0.130. The van der Waals surface area contributed by atoms with Crippen molar-refractivity contribution in [1.29, 1.82) is 0 Å². The van der Waals surface area contributed by atoms with Gasteiger partial charge in [0.05, 0.1) is 17.4 Å². The van der Waals surface area contributed by atoms with Crippen molar-refractivity contribution in [2.75, 3.05) is 11.9 Å². The normalized spacial score (nSPS) is 14.4. The Kier molecular flexibility index (Phi) is 6.21. The van der Waals surface area contributed by atoms with Crippen LogP contribution in [0.4, 0.5) is 30.9 Å². The molecule has 36 heavy (non-hydrogen) atoms. The molecule has 0 atom stereocenters. The molecule has 0 aliphatic carbocycles. The van der Waals surface area contributed by atoms with Gasteiger partial charge in [-0.1, -0.05) is 45.1 Å². The summed E-state index contributed by atoms with van der Waals surface area (Å²) in [5.74, 6) is 0.370. The van der Waals surface area contributed by atoms with E-state index in [4.69, 9.17) is 4.74 Å². The fraction of sp³-hybridized carbons (Fsp3) is 0.250. The molecule has 0 unspecified atom stereocenters. The van der Waals surface area contributed by atoms with Crippen LogP contribution >= 0.6 is 10.2 Å². The molecule has 0 saturated heterocycles. The number of ether oxygens (including phenoxy) is 1. The molecule has 0 aliphatic heterocycles. The van der Waals surface area contributed by atoms with E-state index in [1.165, 1.54) is 6.20 Å². The molecule has 0 bridgehead atoms. The first kappa shape index (κ1) is 26.1. The number of benzene rings is 2. The number of rotatable bonds is 9. The predicted molar refractivity (Wildman–Crippen MR) is 138 cm³/mol. The van der Waals surface area contributed by atoms with E-state index >= 15 is 0 Å². The average molecular weight is 543 g/mol. The molecule has 1 N–H and O–H groups in total. The molecule has 2 aromatic carbocycles. The highest BCUT2D eigenvalue weighted by atomic mass is 32.5. The van der Waals surface area contributed by atoms with E-state index < -0.39 is 23.2 Å². The Balaban J connectivity index is 1.58. The van der Waals surface area contributed by atoms with Crippen LogP contribution in [0.1, 0.15) is 0 Å². The molecule has 0 amide bonds. The Labute approximate surface area is 207 Å². The Morgan fingerprint density at radius 1 is 0.944 bits per heavy atom. The van der Waals surface area contributed by atoms with Gasteiger partial charge in [-0.15, -0.1) is 0 Å². The Morgan fingerprint density at radius 2 is 1.67 bits per heavy atom. The summed E-state index contributed by atoms with van der Waals surface area (Å²) >= 11 is 0. The third-order valence-electron chi connectivity index (χ3n) is 5.53. The lowest BCUT2D eigenvalue weighted by atomic mass is 10.1. The Morgan fingerprint density at radius 3 is 2.33 bits per heavy atom. The van der Waals surface area contributed by atoms with Gasteiger partial charge < -0.3 is 14.6 Å². The molecule has 2 heterocycles. The second-order valence-corrected chi connectivity index (χ2v) is 17.8. The minimum absolute atomic E-state index is 0.197. The van der Waals surface area contributed by atoms with Gasteiger partial charge in [0.15, 0.2) is 0 Å². The van der Waals surface area contributed by atoms with E-state index in [0.717, 1.165) is 34.8 Å². The summed E-state index contributed by atoms with van der Waals surface area (Å²) in [6.45, 7) is 7.90. The molecular formula is C24H27F5N4OSSi. The van der Waals surface area contributed by atoms with Crippen LogP contribution < -0.4 is 5.32 Å². The molecule has 0 spiro atoms. The molecule has 0 aliphatic rings. The first-order valence-electron chi connectivity index (χ1n) is 11.2. The largest absolute Gasteiger partial charge is 0.361 e. The fourth-order valence-corrected chi connectivity index (χ4v) is 4.95. The number of nitrogens with zero attached hydrogens (tertiary/aromatic N) is 3. The van der Waals surface area contributed by atoms with Crippen molar-refractivity contribution in [3.8, 4) is 11.1 Å². The lowest BCUT2D eigenvalue weighted by Crippen LogP contribution is -2.21. The van der Waals surface area contributed by atoms with Gasteiger partial charge in [-0.2, -0.15) is 0 Å². The summed E-state index contributed by atoms with van der Waals surface area (Å²) in [7, 11) is -10.9. The summed E-state index contributed by atoms with van der Waals surface area (Å²) in [6.07, 6.45) is 3.25. The van der Waals surface area contributed by atoms with Crippen LogP contribution in [-0.4, -0.2) is 29.2 Å². The Bertz CT molecular complexity index is 1390. The zero-order chi connectivity index (χ0) is 26.3. The number of pyridine rings is 1. The molecule has 4 aromatic rings. The van der Waals surface area contributed by atoms with Crippen molar-refractivity contribution in [2.45, 2.75) is 37.3 Å². The van der Waals surface area contributed by atoms with Crippen LogP contribution in [0.3, 0.4) is 0 Å². The zero-order valence-corrected chi connectivity index (χ0v) is 21.8. The van der Waals surface area contributed by atoms with Crippen molar-refractivity contribution in [2.24, 2.45) is 0 Å². The van der Waals surface area contributed by atoms with Gasteiger partial charge >= 0.3 is 10.2 Å². The van der Waals surface area contributed by atoms with Crippen molar-refractivity contribution in [3.63, 3.8) is 0 Å². The minimum Gasteiger partial charge on any atom is -0.361 e. The van der Waals surface area contributed by atoms with Gasteiger partial charge in [-0.25, -0.2) is 9.97 Å². The Hall–Kier alpha value is -2.96.